The van der Waals surface area contributed by atoms with Gasteiger partial charge in [0.25, 0.3) is 0 Å². The summed E-state index contributed by atoms with van der Waals surface area (Å²) in [6.07, 6.45) is 0. The maximum atomic E-state index is 12.2. The Morgan fingerprint density at radius 1 is 0.913 bits per heavy atom. The topological polar surface area (TPSA) is 83.8 Å². The summed E-state index contributed by atoms with van der Waals surface area (Å²) in [5, 5.41) is 20.5. The molecule has 0 aromatic heterocycles. The molecule has 114 valence electrons. The number of fused-ring (bicyclic) bond motifs is 1. The first kappa shape index (κ1) is 14.6. The molecule has 0 bridgehead atoms. The normalized spacial score (nSPS) is 10.4. The van der Waals surface area contributed by atoms with E-state index in [4.69, 9.17) is 9.84 Å². The molecule has 3 aromatic carbocycles. The van der Waals surface area contributed by atoms with Crippen LogP contribution in [0.25, 0.3) is 10.8 Å². The van der Waals surface area contributed by atoms with Crippen LogP contribution in [-0.4, -0.2) is 22.2 Å². The minimum absolute atomic E-state index is 0.0121. The van der Waals surface area contributed by atoms with Gasteiger partial charge < -0.3 is 14.9 Å². The SMILES string of the molecule is O=C(O)c1cccc(OC(=O)c2ccc3ccccc3c2O)c1. The van der Waals surface area contributed by atoms with Gasteiger partial charge >= 0.3 is 11.9 Å². The summed E-state index contributed by atoms with van der Waals surface area (Å²) >= 11 is 0. The van der Waals surface area contributed by atoms with Gasteiger partial charge in [-0.05, 0) is 29.7 Å². The van der Waals surface area contributed by atoms with Gasteiger partial charge in [0.2, 0.25) is 0 Å². The monoisotopic (exact) mass is 308 g/mol. The van der Waals surface area contributed by atoms with Gasteiger partial charge in [-0.25, -0.2) is 9.59 Å². The highest BCUT2D eigenvalue weighted by Gasteiger charge is 2.16. The number of aromatic carboxylic acids is 1. The lowest BCUT2D eigenvalue weighted by molar-refractivity contribution is 0.0687. The molecule has 3 rings (SSSR count). The summed E-state index contributed by atoms with van der Waals surface area (Å²) in [5.41, 5.74) is 0.0301. The number of ether oxygens (including phenoxy) is 1. The zero-order valence-electron chi connectivity index (χ0n) is 11.9. The molecule has 0 unspecified atom stereocenters. The Morgan fingerprint density at radius 2 is 1.70 bits per heavy atom. The average Bonchev–Trinajstić information content (AvgIpc) is 2.55. The van der Waals surface area contributed by atoms with E-state index in [1.807, 2.05) is 12.1 Å². The lowest BCUT2D eigenvalue weighted by Gasteiger charge is -2.08. The van der Waals surface area contributed by atoms with E-state index in [2.05, 4.69) is 0 Å². The molecule has 0 radical (unpaired) electrons. The number of carbonyl (C=O) groups excluding carboxylic acids is 1. The number of rotatable bonds is 3. The van der Waals surface area contributed by atoms with Gasteiger partial charge in [0.05, 0.1) is 5.56 Å². The molecule has 0 saturated heterocycles. The van der Waals surface area contributed by atoms with Gasteiger partial charge in [0.15, 0.2) is 0 Å². The smallest absolute Gasteiger partial charge is 0.347 e. The molecule has 5 nitrogen and oxygen atoms in total. The standard InChI is InChI=1S/C18H12O5/c19-16-14-7-2-1-4-11(14)8-9-15(16)18(22)23-13-6-3-5-12(10-13)17(20)21/h1-10,19H,(H,20,21). The third-order valence-corrected chi connectivity index (χ3v) is 3.41. The molecule has 0 atom stereocenters. The fourth-order valence-corrected chi connectivity index (χ4v) is 2.27. The van der Waals surface area contributed by atoms with Gasteiger partial charge in [-0.15, -0.1) is 0 Å². The summed E-state index contributed by atoms with van der Waals surface area (Å²) in [6.45, 7) is 0. The van der Waals surface area contributed by atoms with Crippen LogP contribution in [0.1, 0.15) is 20.7 Å². The minimum Gasteiger partial charge on any atom is -0.506 e. The van der Waals surface area contributed by atoms with Crippen LogP contribution in [0.2, 0.25) is 0 Å². The van der Waals surface area contributed by atoms with Crippen molar-refractivity contribution in [2.45, 2.75) is 0 Å². The first-order valence-electron chi connectivity index (χ1n) is 6.82. The molecule has 0 spiro atoms. The lowest BCUT2D eigenvalue weighted by atomic mass is 10.1. The van der Waals surface area contributed by atoms with E-state index in [1.54, 1.807) is 18.2 Å². The lowest BCUT2D eigenvalue weighted by Crippen LogP contribution is -2.09. The van der Waals surface area contributed by atoms with Crippen LogP contribution < -0.4 is 4.74 Å². The number of carboxylic acids is 1. The molecule has 23 heavy (non-hydrogen) atoms. The highest BCUT2D eigenvalue weighted by atomic mass is 16.5. The Hall–Kier alpha value is -3.34. The van der Waals surface area contributed by atoms with E-state index in [1.165, 1.54) is 30.3 Å². The first-order valence-corrected chi connectivity index (χ1v) is 6.82. The van der Waals surface area contributed by atoms with Crippen molar-refractivity contribution in [1.29, 1.82) is 0 Å². The summed E-state index contributed by atoms with van der Waals surface area (Å²) in [4.78, 5) is 23.2. The van der Waals surface area contributed by atoms with Crippen LogP contribution in [0.15, 0.2) is 60.7 Å². The van der Waals surface area contributed by atoms with E-state index in [9.17, 15) is 14.7 Å². The van der Waals surface area contributed by atoms with Crippen molar-refractivity contribution in [2.24, 2.45) is 0 Å². The van der Waals surface area contributed by atoms with Crippen molar-refractivity contribution in [1.82, 2.24) is 0 Å². The van der Waals surface area contributed by atoms with Crippen molar-refractivity contribution in [2.75, 3.05) is 0 Å². The van der Waals surface area contributed by atoms with Crippen LogP contribution in [0.5, 0.6) is 11.5 Å². The van der Waals surface area contributed by atoms with Gasteiger partial charge in [0, 0.05) is 5.39 Å². The van der Waals surface area contributed by atoms with Gasteiger partial charge in [-0.1, -0.05) is 36.4 Å². The number of carbonyl (C=O) groups is 2. The largest absolute Gasteiger partial charge is 0.506 e. The molecule has 0 fully saturated rings. The summed E-state index contributed by atoms with van der Waals surface area (Å²) in [6, 6.07) is 15.9. The van der Waals surface area contributed by atoms with Gasteiger partial charge in [-0.2, -0.15) is 0 Å². The van der Waals surface area contributed by atoms with Gasteiger partial charge in [-0.3, -0.25) is 0 Å². The summed E-state index contributed by atoms with van der Waals surface area (Å²) in [7, 11) is 0. The number of benzene rings is 3. The Kier molecular flexibility index (Phi) is 3.68. The Morgan fingerprint density at radius 3 is 2.48 bits per heavy atom. The first-order chi connectivity index (χ1) is 11.1. The molecule has 2 N–H and O–H groups in total. The molecule has 0 aliphatic carbocycles. The third-order valence-electron chi connectivity index (χ3n) is 3.41. The predicted molar refractivity (Wildman–Crippen MR) is 84.0 cm³/mol. The van der Waals surface area contributed by atoms with Crippen LogP contribution >= 0.6 is 0 Å². The highest BCUT2D eigenvalue weighted by molar-refractivity contribution is 6.02. The van der Waals surface area contributed by atoms with Gasteiger partial charge in [0.1, 0.15) is 17.1 Å². The van der Waals surface area contributed by atoms with Crippen molar-refractivity contribution in [3.8, 4) is 11.5 Å². The number of carboxylic acid groups (broad SMARTS) is 1. The Bertz CT molecular complexity index is 914. The van der Waals surface area contributed by atoms with Crippen molar-refractivity contribution < 1.29 is 24.5 Å². The molecule has 5 heteroatoms. The van der Waals surface area contributed by atoms with Crippen LogP contribution in [0.4, 0.5) is 0 Å². The van der Waals surface area contributed by atoms with Crippen molar-refractivity contribution >= 4 is 22.7 Å². The maximum absolute atomic E-state index is 12.2. The zero-order valence-corrected chi connectivity index (χ0v) is 11.9. The molecular weight excluding hydrogens is 296 g/mol. The second-order valence-corrected chi connectivity index (χ2v) is 4.91. The molecule has 0 aliphatic rings. The predicted octanol–water partition coefficient (Wildman–Crippen LogP) is 3.46. The van der Waals surface area contributed by atoms with Crippen molar-refractivity contribution in [3.05, 3.63) is 71.8 Å². The number of esters is 1. The molecule has 0 amide bonds. The second-order valence-electron chi connectivity index (χ2n) is 4.91. The number of phenolic OH excluding ortho intramolecular Hbond substituents is 1. The molecule has 3 aromatic rings. The van der Waals surface area contributed by atoms with Crippen LogP contribution in [0, 0.1) is 0 Å². The molecule has 0 aliphatic heterocycles. The zero-order chi connectivity index (χ0) is 16.4. The third kappa shape index (κ3) is 2.85. The van der Waals surface area contributed by atoms with E-state index in [-0.39, 0.29) is 22.6 Å². The fourth-order valence-electron chi connectivity index (χ4n) is 2.27. The number of aromatic hydroxyl groups is 1. The average molecular weight is 308 g/mol. The molecular formula is C18H12O5. The molecule has 0 heterocycles. The summed E-state index contributed by atoms with van der Waals surface area (Å²) < 4.78 is 5.16. The van der Waals surface area contributed by atoms with E-state index < -0.39 is 11.9 Å². The highest BCUT2D eigenvalue weighted by Crippen LogP contribution is 2.29. The van der Waals surface area contributed by atoms with Crippen LogP contribution in [-0.2, 0) is 0 Å². The number of hydrogen-bond donors (Lipinski definition) is 2. The maximum Gasteiger partial charge on any atom is 0.347 e. The van der Waals surface area contributed by atoms with E-state index in [0.29, 0.717) is 5.39 Å². The number of phenols is 1. The molecule has 0 saturated carbocycles. The fraction of sp³-hybridized carbons (Fsp3) is 0. The second kappa shape index (κ2) is 5.81. The number of hydrogen-bond acceptors (Lipinski definition) is 4. The summed E-state index contributed by atoms with van der Waals surface area (Å²) in [5.74, 6) is -1.93. The Balaban J connectivity index is 1.93. The van der Waals surface area contributed by atoms with E-state index >= 15 is 0 Å². The van der Waals surface area contributed by atoms with Crippen molar-refractivity contribution in [3.63, 3.8) is 0 Å². The quantitative estimate of drug-likeness (QED) is 0.572. The minimum atomic E-state index is -1.11. The Labute approximate surface area is 131 Å². The van der Waals surface area contributed by atoms with E-state index in [0.717, 1.165) is 5.39 Å². The van der Waals surface area contributed by atoms with Crippen LogP contribution in [0.3, 0.4) is 0 Å².